The molecule has 0 unspecified atom stereocenters. The Kier molecular flexibility index (Phi) is 4.65. The number of carbonyl (C=O) groups is 1. The van der Waals surface area contributed by atoms with Gasteiger partial charge >= 0.3 is 0 Å². The second-order valence-corrected chi connectivity index (χ2v) is 4.46. The third-order valence-electron chi connectivity index (χ3n) is 2.82. The summed E-state index contributed by atoms with van der Waals surface area (Å²) in [5.74, 6) is 0.241. The summed E-state index contributed by atoms with van der Waals surface area (Å²) in [4.78, 5) is 20.2. The van der Waals surface area contributed by atoms with Crippen LogP contribution in [0.3, 0.4) is 0 Å². The lowest BCUT2D eigenvalue weighted by Gasteiger charge is -2.08. The fraction of sp³-hybridized carbons (Fsp3) is 0.267. The molecule has 104 valence electrons. The molecule has 1 aromatic heterocycles. The molecule has 0 aliphatic carbocycles. The topological polar surface area (TPSA) is 66.9 Å². The van der Waals surface area contributed by atoms with Gasteiger partial charge in [0.05, 0.1) is 0 Å². The summed E-state index contributed by atoms with van der Waals surface area (Å²) in [6.07, 6.45) is 2.47. The second-order valence-electron chi connectivity index (χ2n) is 4.46. The molecule has 0 atom stereocenters. The maximum absolute atomic E-state index is 11.8. The van der Waals surface area contributed by atoms with E-state index in [0.717, 1.165) is 17.7 Å². The van der Waals surface area contributed by atoms with Crippen molar-refractivity contribution >= 4 is 17.5 Å². The SMILES string of the molecule is CCCNC(=O)c1ccnc(Nc2ccccc2C)n1. The van der Waals surface area contributed by atoms with Crippen molar-refractivity contribution in [3.8, 4) is 0 Å². The van der Waals surface area contributed by atoms with Gasteiger partial charge in [0.25, 0.3) is 5.91 Å². The molecule has 1 amide bonds. The molecule has 0 aliphatic rings. The molecular weight excluding hydrogens is 252 g/mol. The van der Waals surface area contributed by atoms with Crippen molar-refractivity contribution in [2.24, 2.45) is 0 Å². The predicted octanol–water partition coefficient (Wildman–Crippen LogP) is 2.67. The van der Waals surface area contributed by atoms with Gasteiger partial charge < -0.3 is 10.6 Å². The first-order chi connectivity index (χ1) is 9.70. The number of para-hydroxylation sites is 1. The highest BCUT2D eigenvalue weighted by atomic mass is 16.1. The van der Waals surface area contributed by atoms with Crippen molar-refractivity contribution in [1.29, 1.82) is 0 Å². The summed E-state index contributed by atoms with van der Waals surface area (Å²) >= 11 is 0. The first-order valence-electron chi connectivity index (χ1n) is 6.64. The Labute approximate surface area is 118 Å². The largest absolute Gasteiger partial charge is 0.351 e. The maximum Gasteiger partial charge on any atom is 0.270 e. The normalized spacial score (nSPS) is 10.1. The Morgan fingerprint density at radius 3 is 2.80 bits per heavy atom. The zero-order valence-electron chi connectivity index (χ0n) is 11.7. The molecule has 0 fully saturated rings. The van der Waals surface area contributed by atoms with E-state index < -0.39 is 0 Å². The van der Waals surface area contributed by atoms with Crippen LogP contribution in [0.5, 0.6) is 0 Å². The lowest BCUT2D eigenvalue weighted by Crippen LogP contribution is -2.25. The van der Waals surface area contributed by atoms with Crippen molar-refractivity contribution in [2.75, 3.05) is 11.9 Å². The minimum absolute atomic E-state index is 0.179. The van der Waals surface area contributed by atoms with Crippen LogP contribution in [-0.2, 0) is 0 Å². The van der Waals surface area contributed by atoms with Crippen LogP contribution in [0.25, 0.3) is 0 Å². The van der Waals surface area contributed by atoms with Gasteiger partial charge in [0.2, 0.25) is 5.95 Å². The smallest absolute Gasteiger partial charge is 0.270 e. The van der Waals surface area contributed by atoms with Crippen molar-refractivity contribution < 1.29 is 4.79 Å². The Hall–Kier alpha value is -2.43. The van der Waals surface area contributed by atoms with Crippen molar-refractivity contribution in [2.45, 2.75) is 20.3 Å². The minimum atomic E-state index is -0.179. The Morgan fingerprint density at radius 1 is 1.25 bits per heavy atom. The Morgan fingerprint density at radius 2 is 2.05 bits per heavy atom. The summed E-state index contributed by atoms with van der Waals surface area (Å²) in [5.41, 5.74) is 2.39. The number of aromatic nitrogens is 2. The molecule has 1 heterocycles. The predicted molar refractivity (Wildman–Crippen MR) is 79.1 cm³/mol. The van der Waals surface area contributed by atoms with Gasteiger partial charge in [-0.3, -0.25) is 4.79 Å². The summed E-state index contributed by atoms with van der Waals surface area (Å²) < 4.78 is 0. The molecule has 5 heteroatoms. The van der Waals surface area contributed by atoms with Crippen LogP contribution in [0.1, 0.15) is 29.4 Å². The molecular formula is C15H18N4O. The standard InChI is InChI=1S/C15H18N4O/c1-3-9-16-14(20)13-8-10-17-15(19-13)18-12-7-5-4-6-11(12)2/h4-8,10H,3,9H2,1-2H3,(H,16,20)(H,17,18,19). The average molecular weight is 270 g/mol. The van der Waals surface area contributed by atoms with Crippen LogP contribution in [0, 0.1) is 6.92 Å². The van der Waals surface area contributed by atoms with Gasteiger partial charge in [0.15, 0.2) is 0 Å². The third-order valence-corrected chi connectivity index (χ3v) is 2.82. The molecule has 0 radical (unpaired) electrons. The summed E-state index contributed by atoms with van der Waals surface area (Å²) in [6, 6.07) is 9.46. The van der Waals surface area contributed by atoms with E-state index in [2.05, 4.69) is 20.6 Å². The lowest BCUT2D eigenvalue weighted by molar-refractivity contribution is 0.0948. The van der Waals surface area contributed by atoms with E-state index in [-0.39, 0.29) is 5.91 Å². The number of benzene rings is 1. The van der Waals surface area contributed by atoms with E-state index in [1.54, 1.807) is 12.3 Å². The number of hydrogen-bond donors (Lipinski definition) is 2. The van der Waals surface area contributed by atoms with Gasteiger partial charge in [0, 0.05) is 18.4 Å². The number of rotatable bonds is 5. The van der Waals surface area contributed by atoms with Gasteiger partial charge in [-0.2, -0.15) is 0 Å². The molecule has 20 heavy (non-hydrogen) atoms. The van der Waals surface area contributed by atoms with E-state index in [1.165, 1.54) is 0 Å². The third kappa shape index (κ3) is 3.54. The van der Waals surface area contributed by atoms with E-state index in [0.29, 0.717) is 18.2 Å². The first kappa shape index (κ1) is 14.0. The van der Waals surface area contributed by atoms with Crippen molar-refractivity contribution in [3.63, 3.8) is 0 Å². The number of nitrogens with one attached hydrogen (secondary N) is 2. The molecule has 2 aromatic rings. The second kappa shape index (κ2) is 6.65. The number of hydrogen-bond acceptors (Lipinski definition) is 4. The summed E-state index contributed by atoms with van der Waals surface area (Å²) in [5, 5.41) is 5.92. The minimum Gasteiger partial charge on any atom is -0.351 e. The van der Waals surface area contributed by atoms with Gasteiger partial charge in [-0.05, 0) is 31.0 Å². The van der Waals surface area contributed by atoms with Crippen molar-refractivity contribution in [1.82, 2.24) is 15.3 Å². The average Bonchev–Trinajstić information content (AvgIpc) is 2.47. The van der Waals surface area contributed by atoms with Gasteiger partial charge in [-0.25, -0.2) is 9.97 Å². The van der Waals surface area contributed by atoms with E-state index >= 15 is 0 Å². The van der Waals surface area contributed by atoms with Crippen LogP contribution < -0.4 is 10.6 Å². The molecule has 0 bridgehead atoms. The van der Waals surface area contributed by atoms with Crippen molar-refractivity contribution in [3.05, 3.63) is 47.8 Å². The van der Waals surface area contributed by atoms with Crippen LogP contribution in [0.4, 0.5) is 11.6 Å². The number of nitrogens with zero attached hydrogens (tertiary/aromatic N) is 2. The van der Waals surface area contributed by atoms with Crippen LogP contribution in [0.2, 0.25) is 0 Å². The zero-order valence-corrected chi connectivity index (χ0v) is 11.7. The van der Waals surface area contributed by atoms with Crippen LogP contribution >= 0.6 is 0 Å². The number of carbonyl (C=O) groups excluding carboxylic acids is 1. The maximum atomic E-state index is 11.8. The molecule has 5 nitrogen and oxygen atoms in total. The van der Waals surface area contributed by atoms with E-state index in [4.69, 9.17) is 0 Å². The fourth-order valence-corrected chi connectivity index (χ4v) is 1.71. The Bertz CT molecular complexity index is 598. The number of aryl methyl sites for hydroxylation is 1. The monoisotopic (exact) mass is 270 g/mol. The van der Waals surface area contributed by atoms with Gasteiger partial charge in [0.1, 0.15) is 5.69 Å². The molecule has 1 aromatic carbocycles. The van der Waals surface area contributed by atoms with Crippen LogP contribution in [-0.4, -0.2) is 22.4 Å². The Balaban J connectivity index is 2.14. The molecule has 0 spiro atoms. The molecule has 2 N–H and O–H groups in total. The fourth-order valence-electron chi connectivity index (χ4n) is 1.71. The lowest BCUT2D eigenvalue weighted by atomic mass is 10.2. The highest BCUT2D eigenvalue weighted by Crippen LogP contribution is 2.17. The van der Waals surface area contributed by atoms with E-state index in [1.807, 2.05) is 38.1 Å². The highest BCUT2D eigenvalue weighted by molar-refractivity contribution is 5.92. The molecule has 0 aliphatic heterocycles. The number of anilines is 2. The van der Waals surface area contributed by atoms with Crippen LogP contribution in [0.15, 0.2) is 36.5 Å². The zero-order chi connectivity index (χ0) is 14.4. The summed E-state index contributed by atoms with van der Waals surface area (Å²) in [7, 11) is 0. The molecule has 0 saturated heterocycles. The van der Waals surface area contributed by atoms with E-state index in [9.17, 15) is 4.79 Å². The summed E-state index contributed by atoms with van der Waals surface area (Å²) in [6.45, 7) is 4.65. The molecule has 0 saturated carbocycles. The molecule has 2 rings (SSSR count). The van der Waals surface area contributed by atoms with Gasteiger partial charge in [-0.1, -0.05) is 25.1 Å². The quantitative estimate of drug-likeness (QED) is 0.876. The number of amides is 1. The highest BCUT2D eigenvalue weighted by Gasteiger charge is 2.08. The van der Waals surface area contributed by atoms with Gasteiger partial charge in [-0.15, -0.1) is 0 Å². The first-order valence-corrected chi connectivity index (χ1v) is 6.64.